The van der Waals surface area contributed by atoms with E-state index in [0.717, 1.165) is 7.11 Å². The van der Waals surface area contributed by atoms with E-state index in [9.17, 15) is 8.42 Å². The number of hydrogen-bond acceptors (Lipinski definition) is 5. The van der Waals surface area contributed by atoms with Crippen LogP contribution in [0.4, 0.5) is 0 Å². The molecule has 0 aliphatic rings. The monoisotopic (exact) mass is 216 g/mol. The average Bonchev–Trinajstić information content (AvgIpc) is 1.84. The van der Waals surface area contributed by atoms with Crippen molar-refractivity contribution in [2.45, 2.75) is 12.5 Å². The lowest BCUT2D eigenvalue weighted by atomic mass is 10.6. The van der Waals surface area contributed by atoms with Gasteiger partial charge in [-0.05, 0) is 6.42 Å². The standard InChI is InChI=1S/C4H12O6SSi/c1-10-12(8,9)4-2-3-11(5,6)7/h8-9H,2-4H2,1H3,(H,5,6,7). The molecule has 0 heterocycles. The first kappa shape index (κ1) is 12.0. The summed E-state index contributed by atoms with van der Waals surface area (Å²) in [5.74, 6) is -0.480. The third-order valence-electron chi connectivity index (χ3n) is 1.23. The van der Waals surface area contributed by atoms with Crippen LogP contribution in [0.1, 0.15) is 6.42 Å². The fourth-order valence-corrected chi connectivity index (χ4v) is 2.19. The molecule has 3 N–H and O–H groups in total. The van der Waals surface area contributed by atoms with Crippen LogP contribution in [0.2, 0.25) is 6.04 Å². The third kappa shape index (κ3) is 6.70. The zero-order chi connectivity index (χ0) is 9.83. The molecule has 0 amide bonds. The zero-order valence-electron chi connectivity index (χ0n) is 6.60. The Labute approximate surface area is 71.9 Å². The second-order valence-corrected chi connectivity index (χ2v) is 6.30. The molecular weight excluding hydrogens is 204 g/mol. The van der Waals surface area contributed by atoms with Gasteiger partial charge in [-0.25, -0.2) is 0 Å². The van der Waals surface area contributed by atoms with Crippen molar-refractivity contribution < 1.29 is 27.0 Å². The van der Waals surface area contributed by atoms with Gasteiger partial charge in [0.15, 0.2) is 0 Å². The van der Waals surface area contributed by atoms with Crippen LogP contribution in [0, 0.1) is 0 Å². The second-order valence-electron chi connectivity index (χ2n) is 2.34. The van der Waals surface area contributed by atoms with Crippen molar-refractivity contribution in [3.05, 3.63) is 0 Å². The van der Waals surface area contributed by atoms with Crippen molar-refractivity contribution in [2.24, 2.45) is 0 Å². The molecule has 0 atom stereocenters. The number of hydrogen-bond donors (Lipinski definition) is 3. The first-order chi connectivity index (χ1) is 5.27. The molecule has 0 aliphatic heterocycles. The molecule has 0 spiro atoms. The highest BCUT2D eigenvalue weighted by molar-refractivity contribution is 7.85. The average molecular weight is 216 g/mol. The van der Waals surface area contributed by atoms with Gasteiger partial charge in [-0.2, -0.15) is 8.42 Å². The largest absolute Gasteiger partial charge is 0.495 e. The molecule has 0 aliphatic carbocycles. The molecule has 0 saturated carbocycles. The maximum absolute atomic E-state index is 10.2. The van der Waals surface area contributed by atoms with Crippen molar-refractivity contribution in [3.8, 4) is 0 Å². The van der Waals surface area contributed by atoms with Gasteiger partial charge in [-0.15, -0.1) is 0 Å². The Bertz CT molecular complexity index is 222. The summed E-state index contributed by atoms with van der Waals surface area (Å²) in [6.07, 6.45) is -0.0219. The highest BCUT2D eigenvalue weighted by Gasteiger charge is 2.30. The van der Waals surface area contributed by atoms with Crippen molar-refractivity contribution >= 4 is 18.9 Å². The van der Waals surface area contributed by atoms with Gasteiger partial charge < -0.3 is 14.0 Å². The van der Waals surface area contributed by atoms with Crippen LogP contribution in [-0.2, 0) is 14.5 Å². The summed E-state index contributed by atoms with van der Waals surface area (Å²) in [4.78, 5) is 17.8. The minimum Gasteiger partial charge on any atom is -0.390 e. The first-order valence-electron chi connectivity index (χ1n) is 3.22. The molecule has 6 nitrogen and oxygen atoms in total. The summed E-state index contributed by atoms with van der Waals surface area (Å²) < 4.78 is 32.9. The predicted octanol–water partition coefficient (Wildman–Crippen LogP) is -1.17. The van der Waals surface area contributed by atoms with Crippen LogP contribution in [0.25, 0.3) is 0 Å². The predicted molar refractivity (Wildman–Crippen MR) is 43.0 cm³/mol. The second kappa shape index (κ2) is 4.30. The Hall–Kier alpha value is 0.00688. The molecule has 0 rings (SSSR count). The molecule has 0 aromatic heterocycles. The van der Waals surface area contributed by atoms with E-state index in [-0.39, 0.29) is 12.5 Å². The van der Waals surface area contributed by atoms with Crippen LogP contribution in [0.5, 0.6) is 0 Å². The van der Waals surface area contributed by atoms with Crippen LogP contribution < -0.4 is 0 Å². The van der Waals surface area contributed by atoms with E-state index in [1.807, 2.05) is 0 Å². The quantitative estimate of drug-likeness (QED) is 0.395. The summed E-state index contributed by atoms with van der Waals surface area (Å²) in [7, 11) is -6.52. The molecule has 0 fully saturated rings. The highest BCUT2D eigenvalue weighted by Crippen LogP contribution is 2.06. The minimum atomic E-state index is -4.01. The van der Waals surface area contributed by atoms with Crippen LogP contribution in [-0.4, -0.2) is 44.2 Å². The molecule has 74 valence electrons. The van der Waals surface area contributed by atoms with Crippen LogP contribution >= 0.6 is 0 Å². The fraction of sp³-hybridized carbons (Fsp3) is 1.00. The molecule has 0 aromatic rings. The van der Waals surface area contributed by atoms with E-state index in [1.54, 1.807) is 0 Å². The van der Waals surface area contributed by atoms with E-state index >= 15 is 0 Å². The zero-order valence-corrected chi connectivity index (χ0v) is 8.41. The summed E-state index contributed by atoms with van der Waals surface area (Å²) >= 11 is 0. The van der Waals surface area contributed by atoms with Gasteiger partial charge in [0.25, 0.3) is 10.1 Å². The Kier molecular flexibility index (Phi) is 4.30. The van der Waals surface area contributed by atoms with Gasteiger partial charge in [0.1, 0.15) is 0 Å². The van der Waals surface area contributed by atoms with Crippen molar-refractivity contribution in [2.75, 3.05) is 12.9 Å². The topological polar surface area (TPSA) is 104 Å². The molecule has 0 radical (unpaired) electrons. The van der Waals surface area contributed by atoms with Gasteiger partial charge in [-0.3, -0.25) is 4.55 Å². The Morgan fingerprint density at radius 2 is 1.92 bits per heavy atom. The van der Waals surface area contributed by atoms with Gasteiger partial charge >= 0.3 is 8.80 Å². The lowest BCUT2D eigenvalue weighted by Gasteiger charge is -2.13. The molecular formula is C4H12O6SSi. The fourth-order valence-electron chi connectivity index (χ4n) is 0.587. The van der Waals surface area contributed by atoms with Gasteiger partial charge in [0.05, 0.1) is 5.75 Å². The number of rotatable bonds is 5. The Morgan fingerprint density at radius 3 is 2.25 bits per heavy atom. The van der Waals surface area contributed by atoms with Crippen LogP contribution in [0.15, 0.2) is 0 Å². The summed E-state index contributed by atoms with van der Waals surface area (Å²) in [5, 5.41) is 0. The molecule has 8 heteroatoms. The molecule has 12 heavy (non-hydrogen) atoms. The van der Waals surface area contributed by atoms with E-state index < -0.39 is 24.7 Å². The molecule has 0 aromatic carbocycles. The minimum absolute atomic E-state index is 0.0219. The molecule has 0 bridgehead atoms. The van der Waals surface area contributed by atoms with Crippen molar-refractivity contribution in [1.82, 2.24) is 0 Å². The maximum atomic E-state index is 10.2. The summed E-state index contributed by atoms with van der Waals surface area (Å²) in [6.45, 7) is 0. The SMILES string of the molecule is CO[Si](O)(O)CCCS(=O)(=O)O. The Balaban J connectivity index is 3.72. The summed E-state index contributed by atoms with van der Waals surface area (Å²) in [5.41, 5.74) is 0. The maximum Gasteiger partial charge on any atom is 0.495 e. The van der Waals surface area contributed by atoms with Crippen molar-refractivity contribution in [3.63, 3.8) is 0 Å². The normalized spacial score (nSPS) is 13.3. The lowest BCUT2D eigenvalue weighted by Crippen LogP contribution is -2.37. The lowest BCUT2D eigenvalue weighted by molar-refractivity contribution is 0.184. The molecule has 0 unspecified atom stereocenters. The highest BCUT2D eigenvalue weighted by atomic mass is 32.2. The third-order valence-corrected chi connectivity index (χ3v) is 3.69. The van der Waals surface area contributed by atoms with E-state index in [4.69, 9.17) is 14.1 Å². The molecule has 0 saturated heterocycles. The smallest absolute Gasteiger partial charge is 0.390 e. The Morgan fingerprint density at radius 1 is 1.42 bits per heavy atom. The van der Waals surface area contributed by atoms with Gasteiger partial charge in [-0.1, -0.05) is 0 Å². The van der Waals surface area contributed by atoms with Gasteiger partial charge in [0, 0.05) is 13.2 Å². The van der Waals surface area contributed by atoms with E-state index in [1.165, 1.54) is 0 Å². The van der Waals surface area contributed by atoms with Gasteiger partial charge in [0.2, 0.25) is 0 Å². The van der Waals surface area contributed by atoms with E-state index in [2.05, 4.69) is 4.43 Å². The first-order valence-corrected chi connectivity index (χ1v) is 6.84. The van der Waals surface area contributed by atoms with E-state index in [0.29, 0.717) is 0 Å². The van der Waals surface area contributed by atoms with Crippen molar-refractivity contribution in [1.29, 1.82) is 0 Å². The van der Waals surface area contributed by atoms with Crippen LogP contribution in [0.3, 0.4) is 0 Å². The summed E-state index contributed by atoms with van der Waals surface area (Å²) in [6, 6.07) is -0.136.